The van der Waals surface area contributed by atoms with Gasteiger partial charge in [0.15, 0.2) is 0 Å². The fourth-order valence-corrected chi connectivity index (χ4v) is 3.52. The highest BCUT2D eigenvalue weighted by molar-refractivity contribution is 6.07. The molecule has 1 aliphatic carbocycles. The van der Waals surface area contributed by atoms with E-state index in [9.17, 15) is 22.8 Å². The van der Waals surface area contributed by atoms with Gasteiger partial charge in [0, 0.05) is 6.54 Å². The molecule has 1 saturated carbocycles. The summed E-state index contributed by atoms with van der Waals surface area (Å²) in [4.78, 5) is 27.6. The highest BCUT2D eigenvalue weighted by Crippen LogP contribution is 2.35. The lowest BCUT2D eigenvalue weighted by Gasteiger charge is -2.24. The molecule has 0 radical (unpaired) electrons. The molecule has 0 unspecified atom stereocenters. The van der Waals surface area contributed by atoms with E-state index < -0.39 is 23.3 Å². The van der Waals surface area contributed by atoms with Crippen LogP contribution in [0.1, 0.15) is 36.8 Å². The number of benzene rings is 1. The molecular formula is C17H20F3N3O2. The summed E-state index contributed by atoms with van der Waals surface area (Å²) in [6.45, 7) is 0.440. The van der Waals surface area contributed by atoms with Crippen molar-refractivity contribution in [1.29, 1.82) is 0 Å². The summed E-state index contributed by atoms with van der Waals surface area (Å²) in [5.74, 6) is -0.200. The third-order valence-corrected chi connectivity index (χ3v) is 4.82. The first-order valence-electron chi connectivity index (χ1n) is 8.20. The Bertz CT molecular complexity index is 667. The van der Waals surface area contributed by atoms with E-state index >= 15 is 0 Å². The molecule has 1 aromatic rings. The normalized spacial score (nSPS) is 20.0. The zero-order chi connectivity index (χ0) is 18.2. The van der Waals surface area contributed by atoms with Gasteiger partial charge in [0.1, 0.15) is 5.54 Å². The first-order valence-corrected chi connectivity index (χ1v) is 8.20. The van der Waals surface area contributed by atoms with E-state index in [1.54, 1.807) is 11.9 Å². The summed E-state index contributed by atoms with van der Waals surface area (Å²) < 4.78 is 37.8. The van der Waals surface area contributed by atoms with E-state index in [1.807, 2.05) is 0 Å². The number of halogens is 3. The summed E-state index contributed by atoms with van der Waals surface area (Å²) in [5.41, 5.74) is -0.763. The van der Waals surface area contributed by atoms with Crippen LogP contribution in [0.2, 0.25) is 0 Å². The smallest absolute Gasteiger partial charge is 0.323 e. The SMILES string of the molecule is CN(Cc1ccc(C(F)(F)F)cc1)CN1C(=O)NC2(CCCC2)C1=O. The fraction of sp³-hybridized carbons (Fsp3) is 0.529. The van der Waals surface area contributed by atoms with E-state index in [0.717, 1.165) is 25.0 Å². The summed E-state index contributed by atoms with van der Waals surface area (Å²) in [6, 6.07) is 4.48. The largest absolute Gasteiger partial charge is 0.416 e. The Labute approximate surface area is 143 Å². The minimum Gasteiger partial charge on any atom is -0.323 e. The molecule has 0 atom stereocenters. The Morgan fingerprint density at radius 2 is 1.76 bits per heavy atom. The fourth-order valence-electron chi connectivity index (χ4n) is 3.52. The van der Waals surface area contributed by atoms with Gasteiger partial charge in [0.2, 0.25) is 0 Å². The highest BCUT2D eigenvalue weighted by Gasteiger charge is 2.52. The number of alkyl halides is 3. The van der Waals surface area contributed by atoms with Crippen LogP contribution in [0.3, 0.4) is 0 Å². The number of imide groups is 1. The highest BCUT2D eigenvalue weighted by atomic mass is 19.4. The zero-order valence-corrected chi connectivity index (χ0v) is 13.9. The second-order valence-corrected chi connectivity index (χ2v) is 6.80. The molecule has 0 bridgehead atoms. The van der Waals surface area contributed by atoms with Crippen LogP contribution >= 0.6 is 0 Å². The number of carbonyl (C=O) groups is 2. The monoisotopic (exact) mass is 355 g/mol. The lowest BCUT2D eigenvalue weighted by molar-refractivity contribution is -0.137. The number of hydrogen-bond acceptors (Lipinski definition) is 3. The van der Waals surface area contributed by atoms with Gasteiger partial charge in [-0.15, -0.1) is 0 Å². The number of amides is 3. The van der Waals surface area contributed by atoms with Gasteiger partial charge in [-0.05, 0) is 37.6 Å². The minimum atomic E-state index is -4.36. The van der Waals surface area contributed by atoms with Crippen molar-refractivity contribution in [3.63, 3.8) is 0 Å². The van der Waals surface area contributed by atoms with Crippen LogP contribution in [0.4, 0.5) is 18.0 Å². The third kappa shape index (κ3) is 3.49. The van der Waals surface area contributed by atoms with Crippen molar-refractivity contribution >= 4 is 11.9 Å². The molecule has 1 aliphatic heterocycles. The van der Waals surface area contributed by atoms with Crippen LogP contribution in [-0.4, -0.2) is 41.0 Å². The van der Waals surface area contributed by atoms with Gasteiger partial charge >= 0.3 is 12.2 Å². The van der Waals surface area contributed by atoms with Crippen LogP contribution in [0.5, 0.6) is 0 Å². The average molecular weight is 355 g/mol. The molecule has 3 rings (SSSR count). The molecule has 25 heavy (non-hydrogen) atoms. The summed E-state index contributed by atoms with van der Waals surface area (Å²) in [5, 5.41) is 2.81. The minimum absolute atomic E-state index is 0.105. The Hall–Kier alpha value is -2.09. The number of hydrogen-bond donors (Lipinski definition) is 1. The third-order valence-electron chi connectivity index (χ3n) is 4.82. The Balaban J connectivity index is 1.62. The van der Waals surface area contributed by atoms with Gasteiger partial charge in [-0.25, -0.2) is 9.69 Å². The Morgan fingerprint density at radius 1 is 1.16 bits per heavy atom. The van der Waals surface area contributed by atoms with Gasteiger partial charge in [0.05, 0.1) is 12.2 Å². The van der Waals surface area contributed by atoms with E-state index in [-0.39, 0.29) is 12.6 Å². The van der Waals surface area contributed by atoms with Gasteiger partial charge < -0.3 is 5.32 Å². The lowest BCUT2D eigenvalue weighted by atomic mass is 9.98. The van der Waals surface area contributed by atoms with Crippen molar-refractivity contribution in [2.24, 2.45) is 0 Å². The van der Waals surface area contributed by atoms with E-state index in [0.29, 0.717) is 24.9 Å². The van der Waals surface area contributed by atoms with E-state index in [1.165, 1.54) is 17.0 Å². The van der Waals surface area contributed by atoms with Crippen molar-refractivity contribution in [2.45, 2.75) is 43.9 Å². The van der Waals surface area contributed by atoms with Crippen LogP contribution < -0.4 is 5.32 Å². The molecule has 1 saturated heterocycles. The van der Waals surface area contributed by atoms with Gasteiger partial charge in [-0.2, -0.15) is 13.2 Å². The van der Waals surface area contributed by atoms with Crippen molar-refractivity contribution in [3.05, 3.63) is 35.4 Å². The summed E-state index contributed by atoms with van der Waals surface area (Å²) in [6.07, 6.45) is -1.20. The molecule has 136 valence electrons. The number of urea groups is 1. The molecule has 5 nitrogen and oxygen atoms in total. The quantitative estimate of drug-likeness (QED) is 0.845. The van der Waals surface area contributed by atoms with Crippen molar-refractivity contribution in [1.82, 2.24) is 15.1 Å². The molecule has 8 heteroatoms. The Morgan fingerprint density at radius 3 is 2.32 bits per heavy atom. The number of nitrogens with zero attached hydrogens (tertiary/aromatic N) is 2. The van der Waals surface area contributed by atoms with Crippen molar-refractivity contribution in [3.8, 4) is 0 Å². The van der Waals surface area contributed by atoms with Crippen molar-refractivity contribution in [2.75, 3.05) is 13.7 Å². The van der Waals surface area contributed by atoms with E-state index in [4.69, 9.17) is 0 Å². The number of carbonyl (C=O) groups excluding carboxylic acids is 2. The maximum Gasteiger partial charge on any atom is 0.416 e. The van der Waals surface area contributed by atoms with Gasteiger partial charge in [-0.1, -0.05) is 25.0 Å². The van der Waals surface area contributed by atoms with Crippen LogP contribution in [0.15, 0.2) is 24.3 Å². The molecule has 1 aromatic carbocycles. The standard InChI is InChI=1S/C17H20F3N3O2/c1-22(10-12-4-6-13(7-5-12)17(18,19)20)11-23-14(24)16(21-15(23)25)8-2-3-9-16/h4-7H,2-3,8-11H2,1H3,(H,21,25). The predicted molar refractivity (Wildman–Crippen MR) is 84.4 cm³/mol. The summed E-state index contributed by atoms with van der Waals surface area (Å²) >= 11 is 0. The molecule has 1 N–H and O–H groups in total. The maximum atomic E-state index is 12.6. The number of nitrogens with one attached hydrogen (secondary N) is 1. The van der Waals surface area contributed by atoms with Gasteiger partial charge in [0.25, 0.3) is 5.91 Å². The summed E-state index contributed by atoms with van der Waals surface area (Å²) in [7, 11) is 1.72. The van der Waals surface area contributed by atoms with Crippen LogP contribution in [-0.2, 0) is 17.5 Å². The molecule has 2 fully saturated rings. The lowest BCUT2D eigenvalue weighted by Crippen LogP contribution is -2.45. The zero-order valence-electron chi connectivity index (χ0n) is 13.9. The van der Waals surface area contributed by atoms with Gasteiger partial charge in [-0.3, -0.25) is 9.69 Å². The maximum absolute atomic E-state index is 12.6. The first-order chi connectivity index (χ1) is 11.7. The predicted octanol–water partition coefficient (Wildman–Crippen LogP) is 2.96. The first kappa shape index (κ1) is 17.7. The van der Waals surface area contributed by atoms with Crippen LogP contribution in [0.25, 0.3) is 0 Å². The molecule has 1 spiro atoms. The molecule has 1 heterocycles. The molecular weight excluding hydrogens is 335 g/mol. The van der Waals surface area contributed by atoms with Crippen LogP contribution in [0, 0.1) is 0 Å². The van der Waals surface area contributed by atoms with E-state index in [2.05, 4.69) is 5.32 Å². The van der Waals surface area contributed by atoms with Crippen molar-refractivity contribution < 1.29 is 22.8 Å². The Kier molecular flexibility index (Phi) is 4.49. The molecule has 0 aromatic heterocycles. The second-order valence-electron chi connectivity index (χ2n) is 6.80. The molecule has 2 aliphatic rings. The average Bonchev–Trinajstić information content (AvgIpc) is 3.08. The molecule has 3 amide bonds. The topological polar surface area (TPSA) is 52.6 Å². The number of rotatable bonds is 4. The second kappa shape index (κ2) is 6.33.